The van der Waals surface area contributed by atoms with Crippen LogP contribution >= 0.6 is 0 Å². The van der Waals surface area contributed by atoms with Crippen LogP contribution in [0.5, 0.6) is 5.75 Å². The fourth-order valence-corrected chi connectivity index (χ4v) is 3.36. The van der Waals surface area contributed by atoms with E-state index in [1.807, 2.05) is 6.92 Å². The van der Waals surface area contributed by atoms with Gasteiger partial charge in [0.25, 0.3) is 0 Å². The number of aromatic nitrogens is 1. The number of carbonyl (C=O) groups is 1. The number of carbonyl (C=O) groups excluding carboxylic acids is 1. The smallest absolute Gasteiger partial charge is 0.411 e. The largest absolute Gasteiger partial charge is 0.497 e. The van der Waals surface area contributed by atoms with Crippen LogP contribution in [0.2, 0.25) is 0 Å². The van der Waals surface area contributed by atoms with Crippen molar-refractivity contribution in [3.05, 3.63) is 47.5 Å². The number of methoxy groups -OCH3 is 1. The number of benzene rings is 2. The highest BCUT2D eigenvalue weighted by Gasteiger charge is 2.22. The van der Waals surface area contributed by atoms with E-state index in [2.05, 4.69) is 11.4 Å². The highest BCUT2D eigenvalue weighted by Crippen LogP contribution is 2.37. The van der Waals surface area contributed by atoms with E-state index >= 15 is 0 Å². The van der Waals surface area contributed by atoms with Crippen molar-refractivity contribution in [2.24, 2.45) is 0 Å². The molecule has 0 aliphatic heterocycles. The van der Waals surface area contributed by atoms with Crippen molar-refractivity contribution in [1.82, 2.24) is 4.57 Å². The van der Waals surface area contributed by atoms with Gasteiger partial charge >= 0.3 is 6.09 Å². The van der Waals surface area contributed by atoms with E-state index in [0.29, 0.717) is 35.4 Å². The normalized spacial score (nSPS) is 10.7. The quantitative estimate of drug-likeness (QED) is 0.583. The number of rotatable bonds is 6. The Morgan fingerprint density at radius 1 is 1.20 bits per heavy atom. The molecule has 0 fully saturated rings. The number of anilines is 1. The molecule has 1 heterocycles. The molecule has 0 bridgehead atoms. The molecule has 0 saturated heterocycles. The van der Waals surface area contributed by atoms with E-state index in [0.717, 1.165) is 17.6 Å². The molecular weight excluding hydrogens is 392 g/mol. The van der Waals surface area contributed by atoms with Crippen molar-refractivity contribution in [3.63, 3.8) is 0 Å². The van der Waals surface area contributed by atoms with Gasteiger partial charge < -0.3 is 14.0 Å². The molecule has 0 atom stereocenters. The number of nitrogens with zero attached hydrogens (tertiary/aromatic N) is 2. The SMILES string of the molecule is CCCOC(=O)Nc1c(F)cc(-c2c(C#N)c3ccc(OC)cc3n2CC)cc1F. The fourth-order valence-electron chi connectivity index (χ4n) is 3.36. The second-order valence-corrected chi connectivity index (χ2v) is 6.54. The van der Waals surface area contributed by atoms with Gasteiger partial charge in [-0.2, -0.15) is 5.26 Å². The lowest BCUT2D eigenvalue weighted by atomic mass is 10.0. The first-order valence-corrected chi connectivity index (χ1v) is 9.48. The zero-order chi connectivity index (χ0) is 21.8. The minimum absolute atomic E-state index is 0.138. The maximum absolute atomic E-state index is 14.7. The molecule has 6 nitrogen and oxygen atoms in total. The molecule has 30 heavy (non-hydrogen) atoms. The third kappa shape index (κ3) is 3.79. The molecule has 0 unspecified atom stereocenters. The number of halogens is 2. The van der Waals surface area contributed by atoms with E-state index in [9.17, 15) is 18.8 Å². The van der Waals surface area contributed by atoms with E-state index in [1.54, 1.807) is 29.7 Å². The third-order valence-electron chi connectivity index (χ3n) is 4.68. The summed E-state index contributed by atoms with van der Waals surface area (Å²) in [5, 5.41) is 12.5. The van der Waals surface area contributed by atoms with Gasteiger partial charge in [-0.1, -0.05) is 6.92 Å². The summed E-state index contributed by atoms with van der Waals surface area (Å²) in [6, 6.07) is 9.57. The number of hydrogen-bond donors (Lipinski definition) is 1. The van der Waals surface area contributed by atoms with Crippen LogP contribution in [0.3, 0.4) is 0 Å². The van der Waals surface area contributed by atoms with Gasteiger partial charge in [0.2, 0.25) is 0 Å². The summed E-state index contributed by atoms with van der Waals surface area (Å²) in [5.74, 6) is -1.33. The van der Waals surface area contributed by atoms with Crippen LogP contribution in [0.15, 0.2) is 30.3 Å². The van der Waals surface area contributed by atoms with Gasteiger partial charge in [-0.15, -0.1) is 0 Å². The van der Waals surface area contributed by atoms with Crippen molar-refractivity contribution >= 4 is 22.7 Å². The molecule has 3 aromatic rings. The van der Waals surface area contributed by atoms with Gasteiger partial charge in [0, 0.05) is 23.6 Å². The first-order chi connectivity index (χ1) is 14.4. The van der Waals surface area contributed by atoms with E-state index < -0.39 is 23.4 Å². The molecule has 1 N–H and O–H groups in total. The van der Waals surface area contributed by atoms with Crippen LogP contribution in [0.25, 0.3) is 22.2 Å². The Balaban J connectivity index is 2.14. The topological polar surface area (TPSA) is 76.3 Å². The van der Waals surface area contributed by atoms with Gasteiger partial charge in [-0.05, 0) is 37.6 Å². The molecule has 0 aliphatic rings. The zero-order valence-electron chi connectivity index (χ0n) is 16.9. The number of aryl methyl sites for hydroxylation is 1. The molecule has 156 valence electrons. The lowest BCUT2D eigenvalue weighted by Gasteiger charge is -2.12. The molecular formula is C22H21F2N3O3. The predicted octanol–water partition coefficient (Wildman–Crippen LogP) is 5.45. The van der Waals surface area contributed by atoms with Crippen molar-refractivity contribution in [2.75, 3.05) is 19.0 Å². The Labute approximate surface area is 172 Å². The van der Waals surface area contributed by atoms with Crippen LogP contribution in [0.1, 0.15) is 25.8 Å². The van der Waals surface area contributed by atoms with E-state index in [-0.39, 0.29) is 12.2 Å². The summed E-state index contributed by atoms with van der Waals surface area (Å²) < 4.78 is 41.3. The molecule has 0 radical (unpaired) electrons. The Bertz CT molecular complexity index is 1130. The lowest BCUT2D eigenvalue weighted by molar-refractivity contribution is 0.161. The molecule has 3 rings (SSSR count). The monoisotopic (exact) mass is 413 g/mol. The second kappa shape index (κ2) is 8.82. The second-order valence-electron chi connectivity index (χ2n) is 6.54. The minimum atomic E-state index is -0.965. The van der Waals surface area contributed by atoms with Gasteiger partial charge in [0.1, 0.15) is 17.5 Å². The van der Waals surface area contributed by atoms with Crippen LogP contribution in [-0.2, 0) is 11.3 Å². The van der Waals surface area contributed by atoms with Gasteiger partial charge in [-0.25, -0.2) is 13.6 Å². The Kier molecular flexibility index (Phi) is 6.21. The highest BCUT2D eigenvalue weighted by molar-refractivity contribution is 5.95. The van der Waals surface area contributed by atoms with Crippen LogP contribution in [-0.4, -0.2) is 24.4 Å². The third-order valence-corrected chi connectivity index (χ3v) is 4.68. The average Bonchev–Trinajstić information content (AvgIpc) is 3.07. The summed E-state index contributed by atoms with van der Waals surface area (Å²) in [6.45, 7) is 4.28. The molecule has 0 saturated carbocycles. The highest BCUT2D eigenvalue weighted by atomic mass is 19.1. The molecule has 8 heteroatoms. The first kappa shape index (κ1) is 21.1. The Morgan fingerprint density at radius 3 is 2.47 bits per heavy atom. The van der Waals surface area contributed by atoms with Gasteiger partial charge in [0.05, 0.1) is 30.5 Å². The summed E-state index contributed by atoms with van der Waals surface area (Å²) in [6.07, 6.45) is -0.351. The number of nitriles is 1. The number of amides is 1. The first-order valence-electron chi connectivity index (χ1n) is 9.48. The van der Waals surface area contributed by atoms with E-state index in [1.165, 1.54) is 7.11 Å². The van der Waals surface area contributed by atoms with E-state index in [4.69, 9.17) is 9.47 Å². The number of ether oxygens (including phenoxy) is 2. The van der Waals surface area contributed by atoms with Crippen LogP contribution in [0, 0.1) is 23.0 Å². The van der Waals surface area contributed by atoms with Crippen molar-refractivity contribution in [1.29, 1.82) is 5.26 Å². The maximum Gasteiger partial charge on any atom is 0.411 e. The lowest BCUT2D eigenvalue weighted by Crippen LogP contribution is -2.16. The maximum atomic E-state index is 14.7. The Morgan fingerprint density at radius 2 is 1.90 bits per heavy atom. The molecule has 1 aromatic heterocycles. The molecule has 0 spiro atoms. The van der Waals surface area contributed by atoms with Crippen LogP contribution < -0.4 is 10.1 Å². The molecule has 1 amide bonds. The standard InChI is InChI=1S/C22H21F2N3O3/c1-4-8-30-22(28)26-20-17(23)9-13(10-18(20)24)21-16(12-25)15-7-6-14(29-3)11-19(15)27(21)5-2/h6-7,9-11H,4-5,8H2,1-3H3,(H,26,28). The van der Waals surface area contributed by atoms with Crippen molar-refractivity contribution < 1.29 is 23.0 Å². The number of fused-ring (bicyclic) bond motifs is 1. The average molecular weight is 413 g/mol. The van der Waals surface area contributed by atoms with Gasteiger partial charge in [0.15, 0.2) is 11.6 Å². The van der Waals surface area contributed by atoms with Crippen molar-refractivity contribution in [3.8, 4) is 23.1 Å². The Hall–Kier alpha value is -3.60. The molecule has 0 aliphatic carbocycles. The van der Waals surface area contributed by atoms with Gasteiger partial charge in [-0.3, -0.25) is 5.32 Å². The summed E-state index contributed by atoms with van der Waals surface area (Å²) in [5.41, 5.74) is 0.998. The zero-order valence-corrected chi connectivity index (χ0v) is 16.9. The summed E-state index contributed by atoms with van der Waals surface area (Å²) in [4.78, 5) is 11.7. The summed E-state index contributed by atoms with van der Waals surface area (Å²) >= 11 is 0. The fraction of sp³-hybridized carbons (Fsp3) is 0.273. The number of hydrogen-bond acceptors (Lipinski definition) is 4. The van der Waals surface area contributed by atoms with Crippen LogP contribution in [0.4, 0.5) is 19.3 Å². The predicted molar refractivity (Wildman–Crippen MR) is 109 cm³/mol. The summed E-state index contributed by atoms with van der Waals surface area (Å²) in [7, 11) is 1.54. The minimum Gasteiger partial charge on any atom is -0.497 e. The van der Waals surface area contributed by atoms with Crippen molar-refractivity contribution in [2.45, 2.75) is 26.8 Å². The molecule has 2 aromatic carbocycles. The number of nitrogens with one attached hydrogen (secondary N) is 1.